The average molecular weight is 287 g/mol. The van der Waals surface area contributed by atoms with E-state index in [-0.39, 0.29) is 6.04 Å². The molecule has 1 aromatic carbocycles. The zero-order chi connectivity index (χ0) is 14.5. The molecule has 0 bridgehead atoms. The molecule has 5 heteroatoms. The van der Waals surface area contributed by atoms with Crippen molar-refractivity contribution in [3.8, 4) is 11.5 Å². The molecule has 2 heterocycles. The number of fused-ring (bicyclic) bond motifs is 1. The highest BCUT2D eigenvalue weighted by Crippen LogP contribution is 2.33. The molecular weight excluding hydrogens is 266 g/mol. The van der Waals surface area contributed by atoms with Crippen LogP contribution in [-0.2, 0) is 6.54 Å². The van der Waals surface area contributed by atoms with Crippen molar-refractivity contribution in [1.29, 1.82) is 0 Å². The first kappa shape index (κ1) is 13.9. The standard InChI is InChI=1S/C16H21N3O2/c1-2-13(16-17-7-8-18-16)19-11-12-5-3-6-14-15(12)21-10-4-9-20-14/h3,5-8,13,19H,2,4,9-11H2,1H3,(H,17,18). The van der Waals surface area contributed by atoms with E-state index >= 15 is 0 Å². The Morgan fingerprint density at radius 3 is 3.05 bits per heavy atom. The summed E-state index contributed by atoms with van der Waals surface area (Å²) in [4.78, 5) is 7.50. The Kier molecular flexibility index (Phi) is 4.40. The van der Waals surface area contributed by atoms with Gasteiger partial charge in [0.05, 0.1) is 19.3 Å². The van der Waals surface area contributed by atoms with Gasteiger partial charge in [-0.1, -0.05) is 19.1 Å². The molecule has 1 aromatic heterocycles. The zero-order valence-corrected chi connectivity index (χ0v) is 12.3. The van der Waals surface area contributed by atoms with Crippen molar-refractivity contribution in [2.45, 2.75) is 32.4 Å². The van der Waals surface area contributed by atoms with Gasteiger partial charge in [0, 0.05) is 30.9 Å². The summed E-state index contributed by atoms with van der Waals surface area (Å²) in [7, 11) is 0. The Labute approximate surface area is 124 Å². The summed E-state index contributed by atoms with van der Waals surface area (Å²) >= 11 is 0. The van der Waals surface area contributed by atoms with Crippen LogP contribution in [0.15, 0.2) is 30.6 Å². The topological polar surface area (TPSA) is 59.2 Å². The molecule has 1 unspecified atom stereocenters. The number of para-hydroxylation sites is 1. The van der Waals surface area contributed by atoms with Crippen molar-refractivity contribution in [1.82, 2.24) is 15.3 Å². The molecule has 0 saturated heterocycles. The van der Waals surface area contributed by atoms with Gasteiger partial charge in [-0.05, 0) is 12.5 Å². The number of imidazole rings is 1. The zero-order valence-electron chi connectivity index (χ0n) is 12.3. The number of benzene rings is 1. The van der Waals surface area contributed by atoms with E-state index in [2.05, 4.69) is 28.3 Å². The van der Waals surface area contributed by atoms with E-state index in [9.17, 15) is 0 Å². The monoisotopic (exact) mass is 287 g/mol. The second kappa shape index (κ2) is 6.63. The molecule has 0 radical (unpaired) electrons. The molecule has 112 valence electrons. The van der Waals surface area contributed by atoms with Crippen LogP contribution in [0.25, 0.3) is 0 Å². The van der Waals surface area contributed by atoms with Crippen molar-refractivity contribution in [3.05, 3.63) is 42.0 Å². The first-order chi connectivity index (χ1) is 10.4. The molecular formula is C16H21N3O2. The van der Waals surface area contributed by atoms with Crippen molar-refractivity contribution in [3.63, 3.8) is 0 Å². The Balaban J connectivity index is 1.73. The van der Waals surface area contributed by atoms with Crippen molar-refractivity contribution < 1.29 is 9.47 Å². The van der Waals surface area contributed by atoms with Gasteiger partial charge in [0.1, 0.15) is 5.82 Å². The van der Waals surface area contributed by atoms with Gasteiger partial charge in [-0.25, -0.2) is 4.98 Å². The molecule has 0 amide bonds. The highest BCUT2D eigenvalue weighted by atomic mass is 16.5. The van der Waals surface area contributed by atoms with Gasteiger partial charge in [0.2, 0.25) is 0 Å². The van der Waals surface area contributed by atoms with Crippen LogP contribution in [0.2, 0.25) is 0 Å². The lowest BCUT2D eigenvalue weighted by atomic mass is 10.1. The molecule has 0 aliphatic carbocycles. The molecule has 1 aliphatic rings. The Morgan fingerprint density at radius 2 is 2.24 bits per heavy atom. The van der Waals surface area contributed by atoms with E-state index in [0.29, 0.717) is 13.2 Å². The second-order valence-electron chi connectivity index (χ2n) is 5.11. The molecule has 2 N–H and O–H groups in total. The average Bonchev–Trinajstić information content (AvgIpc) is 2.93. The normalized spacial score (nSPS) is 15.5. The molecule has 1 aliphatic heterocycles. The van der Waals surface area contributed by atoms with Crippen LogP contribution in [0.3, 0.4) is 0 Å². The van der Waals surface area contributed by atoms with E-state index < -0.39 is 0 Å². The van der Waals surface area contributed by atoms with Crippen LogP contribution in [0, 0.1) is 0 Å². The highest BCUT2D eigenvalue weighted by Gasteiger charge is 2.16. The van der Waals surface area contributed by atoms with Gasteiger partial charge in [-0.15, -0.1) is 0 Å². The fourth-order valence-corrected chi connectivity index (χ4v) is 2.53. The predicted molar refractivity (Wildman–Crippen MR) is 80.5 cm³/mol. The lowest BCUT2D eigenvalue weighted by Crippen LogP contribution is -2.21. The molecule has 0 spiro atoms. The molecule has 21 heavy (non-hydrogen) atoms. The maximum absolute atomic E-state index is 5.85. The smallest absolute Gasteiger partial charge is 0.165 e. The fraction of sp³-hybridized carbons (Fsp3) is 0.438. The third-order valence-corrected chi connectivity index (χ3v) is 3.65. The van der Waals surface area contributed by atoms with E-state index in [1.165, 1.54) is 0 Å². The fourth-order valence-electron chi connectivity index (χ4n) is 2.53. The van der Waals surface area contributed by atoms with Crippen LogP contribution in [0.5, 0.6) is 11.5 Å². The van der Waals surface area contributed by atoms with E-state index in [1.54, 1.807) is 6.20 Å². The second-order valence-corrected chi connectivity index (χ2v) is 5.11. The van der Waals surface area contributed by atoms with E-state index in [0.717, 1.165) is 42.3 Å². The minimum atomic E-state index is 0.211. The predicted octanol–water partition coefficient (Wildman–Crippen LogP) is 2.81. The number of H-pyrrole nitrogens is 1. The van der Waals surface area contributed by atoms with Crippen molar-refractivity contribution >= 4 is 0 Å². The van der Waals surface area contributed by atoms with E-state index in [1.807, 2.05) is 18.3 Å². The van der Waals surface area contributed by atoms with Crippen molar-refractivity contribution in [2.24, 2.45) is 0 Å². The molecule has 0 saturated carbocycles. The molecule has 0 fully saturated rings. The maximum Gasteiger partial charge on any atom is 0.165 e. The number of nitrogens with zero attached hydrogens (tertiary/aromatic N) is 1. The molecule has 5 nitrogen and oxygen atoms in total. The Hall–Kier alpha value is -2.01. The van der Waals surface area contributed by atoms with Gasteiger partial charge >= 0.3 is 0 Å². The largest absolute Gasteiger partial charge is 0.490 e. The first-order valence-electron chi connectivity index (χ1n) is 7.48. The number of aromatic nitrogens is 2. The minimum absolute atomic E-state index is 0.211. The third kappa shape index (κ3) is 3.19. The summed E-state index contributed by atoms with van der Waals surface area (Å²) in [6, 6.07) is 6.27. The quantitative estimate of drug-likeness (QED) is 0.888. The third-order valence-electron chi connectivity index (χ3n) is 3.65. The SMILES string of the molecule is CCC(NCc1cccc2c1OCCCO2)c1ncc[nH]1. The lowest BCUT2D eigenvalue weighted by molar-refractivity contribution is 0.295. The van der Waals surface area contributed by atoms with Crippen LogP contribution >= 0.6 is 0 Å². The molecule has 2 aromatic rings. The number of hydrogen-bond acceptors (Lipinski definition) is 4. The minimum Gasteiger partial charge on any atom is -0.490 e. The number of hydrogen-bond donors (Lipinski definition) is 2. The van der Waals surface area contributed by atoms with Gasteiger partial charge in [0.25, 0.3) is 0 Å². The number of nitrogens with one attached hydrogen (secondary N) is 2. The summed E-state index contributed by atoms with van der Waals surface area (Å²) in [5.41, 5.74) is 1.12. The highest BCUT2D eigenvalue weighted by molar-refractivity contribution is 5.47. The van der Waals surface area contributed by atoms with Gasteiger partial charge in [-0.2, -0.15) is 0 Å². The van der Waals surface area contributed by atoms with Crippen LogP contribution in [0.4, 0.5) is 0 Å². The maximum atomic E-state index is 5.85. The summed E-state index contributed by atoms with van der Waals surface area (Å²) in [5.74, 6) is 2.69. The van der Waals surface area contributed by atoms with Gasteiger partial charge in [0.15, 0.2) is 11.5 Å². The van der Waals surface area contributed by atoms with Gasteiger partial charge in [-0.3, -0.25) is 0 Å². The molecule has 3 rings (SSSR count). The van der Waals surface area contributed by atoms with Crippen molar-refractivity contribution in [2.75, 3.05) is 13.2 Å². The molecule has 1 atom stereocenters. The summed E-state index contributed by atoms with van der Waals surface area (Å²) in [6.07, 6.45) is 5.53. The number of rotatable bonds is 5. The first-order valence-corrected chi connectivity index (χ1v) is 7.48. The lowest BCUT2D eigenvalue weighted by Gasteiger charge is -2.17. The summed E-state index contributed by atoms with van der Waals surface area (Å²) in [5, 5.41) is 3.53. The van der Waals surface area contributed by atoms with Crippen LogP contribution < -0.4 is 14.8 Å². The van der Waals surface area contributed by atoms with Gasteiger partial charge < -0.3 is 19.8 Å². The van der Waals surface area contributed by atoms with E-state index in [4.69, 9.17) is 9.47 Å². The summed E-state index contributed by atoms with van der Waals surface area (Å²) in [6.45, 7) is 4.30. The summed E-state index contributed by atoms with van der Waals surface area (Å²) < 4.78 is 11.6. The Morgan fingerprint density at radius 1 is 1.33 bits per heavy atom. The van der Waals surface area contributed by atoms with Crippen LogP contribution in [0.1, 0.15) is 37.2 Å². The number of ether oxygens (including phenoxy) is 2. The Bertz CT molecular complexity index is 569. The number of aromatic amines is 1. The van der Waals surface area contributed by atoms with Crippen LogP contribution in [-0.4, -0.2) is 23.2 Å².